The van der Waals surface area contributed by atoms with E-state index in [0.717, 1.165) is 17.1 Å². The van der Waals surface area contributed by atoms with Crippen LogP contribution in [0.5, 0.6) is 0 Å². The molecule has 0 bridgehead atoms. The van der Waals surface area contributed by atoms with Crippen LogP contribution in [0, 0.1) is 0 Å². The number of hydrogen-bond acceptors (Lipinski definition) is 2. The van der Waals surface area contributed by atoms with Crippen LogP contribution in [0.15, 0.2) is 198 Å². The summed E-state index contributed by atoms with van der Waals surface area (Å²) >= 11 is 1.90. The third-order valence-electron chi connectivity index (χ3n) is 10.3. The lowest BCUT2D eigenvalue weighted by molar-refractivity contribution is 0.731. The molecule has 0 saturated carbocycles. The summed E-state index contributed by atoms with van der Waals surface area (Å²) in [5.74, 6) is 0. The molecule has 1 spiro atoms. The molecule has 2 heteroatoms. The molecule has 1 heterocycles. The average molecular weight is 642 g/mol. The maximum atomic E-state index is 2.48. The molecule has 0 radical (unpaired) electrons. The minimum atomic E-state index is -0.433. The number of benzene rings is 8. The highest BCUT2D eigenvalue weighted by Gasteiger charge is 2.51. The Balaban J connectivity index is 1.18. The Morgan fingerprint density at radius 1 is 0.388 bits per heavy atom. The van der Waals surface area contributed by atoms with Gasteiger partial charge in [0.1, 0.15) is 0 Å². The summed E-state index contributed by atoms with van der Waals surface area (Å²) < 4.78 is 0. The predicted octanol–water partition coefficient (Wildman–Crippen LogP) is 12.8. The molecule has 0 amide bonds. The van der Waals surface area contributed by atoms with Crippen molar-refractivity contribution in [2.24, 2.45) is 0 Å². The molecule has 2 aliphatic rings. The van der Waals surface area contributed by atoms with E-state index in [1.807, 2.05) is 11.8 Å². The third kappa shape index (κ3) is 4.21. The standard InChI is InChI=1S/C47H31NS/c1-3-14-35(15-4-1)48(36-16-5-2-6-17-36)37-27-23-32(24-28-37)34-25-29-40-39-19-9-10-20-41(39)47(43(40)31-34)42-21-11-12-22-44(42)49-45-30-26-33-13-7-8-18-38(33)46(45)47/h1-31H. The first-order valence-electron chi connectivity index (χ1n) is 16.9. The molecule has 1 unspecified atom stereocenters. The zero-order chi connectivity index (χ0) is 32.4. The number of para-hydroxylation sites is 2. The first kappa shape index (κ1) is 28.2. The van der Waals surface area contributed by atoms with E-state index in [4.69, 9.17) is 0 Å². The zero-order valence-electron chi connectivity index (χ0n) is 26.8. The van der Waals surface area contributed by atoms with Gasteiger partial charge in [-0.05, 0) is 110 Å². The van der Waals surface area contributed by atoms with Gasteiger partial charge in [0, 0.05) is 26.9 Å². The van der Waals surface area contributed by atoms with Crippen LogP contribution in [0.25, 0.3) is 33.0 Å². The molecule has 8 aromatic rings. The molecule has 49 heavy (non-hydrogen) atoms. The minimum absolute atomic E-state index is 0.433. The van der Waals surface area contributed by atoms with E-state index >= 15 is 0 Å². The summed E-state index contributed by atoms with van der Waals surface area (Å²) in [6.07, 6.45) is 0. The van der Waals surface area contributed by atoms with Gasteiger partial charge in [-0.1, -0.05) is 145 Å². The second-order valence-corrected chi connectivity index (χ2v) is 14.0. The van der Waals surface area contributed by atoms with Crippen LogP contribution in [0.3, 0.4) is 0 Å². The van der Waals surface area contributed by atoms with Crippen molar-refractivity contribution < 1.29 is 0 Å². The lowest BCUT2D eigenvalue weighted by atomic mass is 9.66. The molecule has 0 aromatic heterocycles. The van der Waals surface area contributed by atoms with Crippen LogP contribution >= 0.6 is 11.8 Å². The molecular formula is C47H31NS. The monoisotopic (exact) mass is 641 g/mol. The van der Waals surface area contributed by atoms with Crippen molar-refractivity contribution >= 4 is 39.6 Å². The molecule has 1 atom stereocenters. The second-order valence-electron chi connectivity index (χ2n) is 12.9. The average Bonchev–Trinajstić information content (AvgIpc) is 3.46. The Morgan fingerprint density at radius 2 is 0.980 bits per heavy atom. The van der Waals surface area contributed by atoms with E-state index < -0.39 is 5.41 Å². The van der Waals surface area contributed by atoms with Crippen LogP contribution in [0.4, 0.5) is 17.1 Å². The third-order valence-corrected chi connectivity index (χ3v) is 11.4. The van der Waals surface area contributed by atoms with Gasteiger partial charge in [0.15, 0.2) is 0 Å². The van der Waals surface area contributed by atoms with Gasteiger partial charge in [-0.25, -0.2) is 0 Å². The molecule has 10 rings (SSSR count). The SMILES string of the molecule is c1ccc(N(c2ccccc2)c2ccc(-c3ccc4c(c3)C3(c5ccccc5Sc5ccc6ccccc6c53)c3ccccc3-4)cc2)cc1. The fourth-order valence-corrected chi connectivity index (χ4v) is 9.48. The van der Waals surface area contributed by atoms with Crippen molar-refractivity contribution in [2.75, 3.05) is 4.90 Å². The van der Waals surface area contributed by atoms with Crippen molar-refractivity contribution in [1.82, 2.24) is 0 Å². The van der Waals surface area contributed by atoms with Gasteiger partial charge in [-0.3, -0.25) is 0 Å². The first-order valence-corrected chi connectivity index (χ1v) is 17.7. The minimum Gasteiger partial charge on any atom is -0.311 e. The van der Waals surface area contributed by atoms with Gasteiger partial charge in [-0.15, -0.1) is 0 Å². The quantitative estimate of drug-likeness (QED) is 0.188. The van der Waals surface area contributed by atoms with Gasteiger partial charge < -0.3 is 4.90 Å². The largest absolute Gasteiger partial charge is 0.311 e. The highest BCUT2D eigenvalue weighted by molar-refractivity contribution is 7.99. The molecule has 1 aliphatic heterocycles. The normalized spacial score (nSPS) is 15.3. The summed E-state index contributed by atoms with van der Waals surface area (Å²) in [4.78, 5) is 4.97. The first-order chi connectivity index (χ1) is 24.3. The van der Waals surface area contributed by atoms with E-state index in [1.165, 1.54) is 65.1 Å². The maximum Gasteiger partial charge on any atom is 0.0741 e. The van der Waals surface area contributed by atoms with Gasteiger partial charge in [0.05, 0.1) is 5.41 Å². The summed E-state index contributed by atoms with van der Waals surface area (Å²) in [6, 6.07) is 69.1. The molecule has 1 nitrogen and oxygen atoms in total. The molecule has 0 saturated heterocycles. The molecule has 8 aromatic carbocycles. The highest BCUT2D eigenvalue weighted by Crippen LogP contribution is 2.63. The van der Waals surface area contributed by atoms with E-state index in [0.29, 0.717) is 0 Å². The summed E-state index contributed by atoms with van der Waals surface area (Å²) in [6.45, 7) is 0. The van der Waals surface area contributed by atoms with Crippen LogP contribution in [0.1, 0.15) is 22.3 Å². The van der Waals surface area contributed by atoms with Crippen LogP contribution in [-0.2, 0) is 5.41 Å². The van der Waals surface area contributed by atoms with Gasteiger partial charge >= 0.3 is 0 Å². The number of fused-ring (bicyclic) bond motifs is 11. The Morgan fingerprint density at radius 3 is 1.76 bits per heavy atom. The molecular weight excluding hydrogens is 611 g/mol. The number of hydrogen-bond donors (Lipinski definition) is 0. The number of nitrogens with zero attached hydrogens (tertiary/aromatic N) is 1. The fourth-order valence-electron chi connectivity index (χ4n) is 8.26. The summed E-state index contributed by atoms with van der Waals surface area (Å²) in [5.41, 5.74) is 13.5. The fraction of sp³-hybridized carbons (Fsp3) is 0.0213. The highest BCUT2D eigenvalue weighted by atomic mass is 32.2. The zero-order valence-corrected chi connectivity index (χ0v) is 27.6. The molecule has 0 fully saturated rings. The summed E-state index contributed by atoms with van der Waals surface area (Å²) in [5, 5.41) is 2.60. The van der Waals surface area contributed by atoms with Crippen molar-refractivity contribution in [1.29, 1.82) is 0 Å². The van der Waals surface area contributed by atoms with Crippen LogP contribution < -0.4 is 4.90 Å². The Hall–Kier alpha value is -5.83. The molecule has 230 valence electrons. The second kappa shape index (κ2) is 11.1. The Kier molecular flexibility index (Phi) is 6.40. The topological polar surface area (TPSA) is 3.24 Å². The van der Waals surface area contributed by atoms with Gasteiger partial charge in [0.25, 0.3) is 0 Å². The van der Waals surface area contributed by atoms with Crippen LogP contribution in [-0.4, -0.2) is 0 Å². The summed E-state index contributed by atoms with van der Waals surface area (Å²) in [7, 11) is 0. The Bertz CT molecular complexity index is 2480. The van der Waals surface area contributed by atoms with Crippen molar-refractivity contribution in [3.8, 4) is 22.3 Å². The van der Waals surface area contributed by atoms with Crippen molar-refractivity contribution in [3.63, 3.8) is 0 Å². The maximum absolute atomic E-state index is 2.48. The molecule has 0 N–H and O–H groups in total. The van der Waals surface area contributed by atoms with E-state index in [1.54, 1.807) is 0 Å². The van der Waals surface area contributed by atoms with Gasteiger partial charge in [-0.2, -0.15) is 0 Å². The smallest absolute Gasteiger partial charge is 0.0741 e. The molecule has 1 aliphatic carbocycles. The van der Waals surface area contributed by atoms with Crippen LogP contribution in [0.2, 0.25) is 0 Å². The van der Waals surface area contributed by atoms with E-state index in [2.05, 4.69) is 193 Å². The Labute approximate surface area is 291 Å². The number of rotatable bonds is 4. The number of anilines is 3. The lowest BCUT2D eigenvalue weighted by Gasteiger charge is -2.40. The lowest BCUT2D eigenvalue weighted by Crippen LogP contribution is -2.32. The van der Waals surface area contributed by atoms with Crippen molar-refractivity contribution in [2.45, 2.75) is 15.2 Å². The van der Waals surface area contributed by atoms with Crippen molar-refractivity contribution in [3.05, 3.63) is 210 Å². The van der Waals surface area contributed by atoms with Gasteiger partial charge in [0.2, 0.25) is 0 Å². The predicted molar refractivity (Wildman–Crippen MR) is 205 cm³/mol. The van der Waals surface area contributed by atoms with E-state index in [9.17, 15) is 0 Å². The van der Waals surface area contributed by atoms with E-state index in [-0.39, 0.29) is 0 Å².